The molecule has 1 amide bonds. The summed E-state index contributed by atoms with van der Waals surface area (Å²) in [5.41, 5.74) is 4.11. The van der Waals surface area contributed by atoms with Gasteiger partial charge in [-0.3, -0.25) is 9.89 Å². The van der Waals surface area contributed by atoms with E-state index in [1.165, 1.54) is 0 Å². The van der Waals surface area contributed by atoms with Crippen LogP contribution in [-0.2, 0) is 13.5 Å². The lowest BCUT2D eigenvalue weighted by molar-refractivity contribution is 0.0954. The number of nitrogens with zero attached hydrogens (tertiary/aromatic N) is 3. The number of nitrogens with one attached hydrogen (secondary N) is 2. The van der Waals surface area contributed by atoms with Gasteiger partial charge >= 0.3 is 0 Å². The molecule has 7 heteroatoms. The number of carbonyl (C=O) groups is 1. The maximum absolute atomic E-state index is 12.6. The predicted molar refractivity (Wildman–Crippen MR) is 107 cm³/mol. The van der Waals surface area contributed by atoms with Crippen LogP contribution in [0.15, 0.2) is 54.7 Å². The third-order valence-electron chi connectivity index (χ3n) is 4.78. The van der Waals surface area contributed by atoms with E-state index in [0.29, 0.717) is 24.2 Å². The summed E-state index contributed by atoms with van der Waals surface area (Å²) < 4.78 is 7.24. The zero-order valence-electron chi connectivity index (χ0n) is 15.8. The molecule has 0 saturated carbocycles. The van der Waals surface area contributed by atoms with Crippen LogP contribution in [0.25, 0.3) is 22.3 Å². The highest BCUT2D eigenvalue weighted by molar-refractivity contribution is 5.99. The van der Waals surface area contributed by atoms with Crippen molar-refractivity contribution in [3.63, 3.8) is 0 Å². The summed E-state index contributed by atoms with van der Waals surface area (Å²) >= 11 is 0. The molecule has 4 aromatic rings. The Hall–Kier alpha value is -3.61. The van der Waals surface area contributed by atoms with Gasteiger partial charge in [0, 0.05) is 25.6 Å². The van der Waals surface area contributed by atoms with Crippen molar-refractivity contribution in [1.82, 2.24) is 25.1 Å². The SMILES string of the molecule is COc1ccc(-c2[nH]ncc2C(=O)NCCc2nc3ccccc3n2C)cc1. The minimum Gasteiger partial charge on any atom is -0.497 e. The first-order valence-electron chi connectivity index (χ1n) is 9.03. The molecule has 0 spiro atoms. The second-order valence-electron chi connectivity index (χ2n) is 6.47. The van der Waals surface area contributed by atoms with E-state index >= 15 is 0 Å². The number of methoxy groups -OCH3 is 1. The second kappa shape index (κ2) is 7.56. The Labute approximate surface area is 162 Å². The number of imidazole rings is 1. The van der Waals surface area contributed by atoms with Gasteiger partial charge in [0.25, 0.3) is 5.91 Å². The monoisotopic (exact) mass is 375 g/mol. The Morgan fingerprint density at radius 1 is 1.18 bits per heavy atom. The number of benzene rings is 2. The molecule has 2 aromatic carbocycles. The average molecular weight is 375 g/mol. The topological polar surface area (TPSA) is 84.8 Å². The van der Waals surface area contributed by atoms with Crippen LogP contribution in [0, 0.1) is 0 Å². The first-order chi connectivity index (χ1) is 13.7. The van der Waals surface area contributed by atoms with Crippen molar-refractivity contribution in [3.05, 3.63) is 66.1 Å². The lowest BCUT2D eigenvalue weighted by atomic mass is 10.1. The number of hydrogen-bond donors (Lipinski definition) is 2. The van der Waals surface area contributed by atoms with Crippen molar-refractivity contribution < 1.29 is 9.53 Å². The Balaban J connectivity index is 1.44. The summed E-state index contributed by atoms with van der Waals surface area (Å²) in [5.74, 6) is 1.53. The van der Waals surface area contributed by atoms with Crippen molar-refractivity contribution in [2.75, 3.05) is 13.7 Å². The maximum Gasteiger partial charge on any atom is 0.255 e. The van der Waals surface area contributed by atoms with Crippen LogP contribution >= 0.6 is 0 Å². The van der Waals surface area contributed by atoms with Crippen LogP contribution in [0.5, 0.6) is 5.75 Å². The molecule has 2 aromatic heterocycles. The molecule has 28 heavy (non-hydrogen) atoms. The van der Waals surface area contributed by atoms with Crippen LogP contribution in [0.4, 0.5) is 0 Å². The van der Waals surface area contributed by atoms with Crippen molar-refractivity contribution in [3.8, 4) is 17.0 Å². The summed E-state index contributed by atoms with van der Waals surface area (Å²) in [4.78, 5) is 17.3. The number of hydrogen-bond acceptors (Lipinski definition) is 4. The molecule has 0 aliphatic rings. The van der Waals surface area contributed by atoms with Gasteiger partial charge in [0.1, 0.15) is 11.6 Å². The molecule has 0 bridgehead atoms. The number of aryl methyl sites for hydroxylation is 1. The number of H-pyrrole nitrogens is 1. The normalized spacial score (nSPS) is 10.9. The summed E-state index contributed by atoms with van der Waals surface area (Å²) in [6.45, 7) is 0.489. The average Bonchev–Trinajstić information content (AvgIpc) is 3.34. The standard InChI is InChI=1S/C21H21N5O2/c1-26-18-6-4-3-5-17(18)24-19(26)11-12-22-21(27)16-13-23-25-20(16)14-7-9-15(28-2)10-8-14/h3-10,13H,11-12H2,1-2H3,(H,22,27)(H,23,25). The van der Waals surface area contributed by atoms with Crippen LogP contribution in [0.1, 0.15) is 16.2 Å². The lowest BCUT2D eigenvalue weighted by Gasteiger charge is -2.07. The van der Waals surface area contributed by atoms with Gasteiger partial charge in [-0.1, -0.05) is 12.1 Å². The number of para-hydroxylation sites is 2. The molecule has 0 aliphatic heterocycles. The fourth-order valence-corrected chi connectivity index (χ4v) is 3.24. The van der Waals surface area contributed by atoms with Crippen molar-refractivity contribution >= 4 is 16.9 Å². The first kappa shape index (κ1) is 17.8. The van der Waals surface area contributed by atoms with E-state index in [0.717, 1.165) is 28.2 Å². The molecule has 2 N–H and O–H groups in total. The van der Waals surface area contributed by atoms with E-state index in [9.17, 15) is 4.79 Å². The van der Waals surface area contributed by atoms with Crippen LogP contribution in [0.3, 0.4) is 0 Å². The minimum atomic E-state index is -0.168. The van der Waals surface area contributed by atoms with Gasteiger partial charge in [0.05, 0.1) is 35.6 Å². The predicted octanol–water partition coefficient (Wildman–Crippen LogP) is 2.94. The van der Waals surface area contributed by atoms with Crippen LogP contribution in [-0.4, -0.2) is 39.3 Å². The van der Waals surface area contributed by atoms with Gasteiger partial charge in [-0.25, -0.2) is 4.98 Å². The van der Waals surface area contributed by atoms with E-state index in [4.69, 9.17) is 4.74 Å². The van der Waals surface area contributed by atoms with Gasteiger partial charge in [0.2, 0.25) is 0 Å². The number of fused-ring (bicyclic) bond motifs is 1. The maximum atomic E-state index is 12.6. The highest BCUT2D eigenvalue weighted by atomic mass is 16.5. The van der Waals surface area contributed by atoms with Crippen LogP contribution < -0.4 is 10.1 Å². The molecular formula is C21H21N5O2. The van der Waals surface area contributed by atoms with Gasteiger partial charge < -0.3 is 14.6 Å². The molecule has 0 aliphatic carbocycles. The van der Waals surface area contributed by atoms with Crippen molar-refractivity contribution in [2.24, 2.45) is 7.05 Å². The zero-order valence-corrected chi connectivity index (χ0v) is 15.8. The number of ether oxygens (including phenoxy) is 1. The summed E-state index contributed by atoms with van der Waals surface area (Å²) in [5, 5.41) is 9.91. The molecule has 0 fully saturated rings. The molecular weight excluding hydrogens is 354 g/mol. The number of rotatable bonds is 6. The van der Waals surface area contributed by atoms with Crippen LogP contribution in [0.2, 0.25) is 0 Å². The molecule has 0 radical (unpaired) electrons. The fourth-order valence-electron chi connectivity index (χ4n) is 3.24. The third-order valence-corrected chi connectivity index (χ3v) is 4.78. The number of aromatic amines is 1. The van der Waals surface area contributed by atoms with Gasteiger partial charge in [-0.2, -0.15) is 5.10 Å². The summed E-state index contributed by atoms with van der Waals surface area (Å²) in [6, 6.07) is 15.5. The molecule has 0 atom stereocenters. The largest absolute Gasteiger partial charge is 0.497 e. The van der Waals surface area contributed by atoms with Crippen molar-refractivity contribution in [2.45, 2.75) is 6.42 Å². The summed E-state index contributed by atoms with van der Waals surface area (Å²) in [7, 11) is 3.61. The Morgan fingerprint density at radius 2 is 1.96 bits per heavy atom. The minimum absolute atomic E-state index is 0.168. The van der Waals surface area contributed by atoms with Gasteiger partial charge in [0.15, 0.2) is 0 Å². The number of aromatic nitrogens is 4. The molecule has 0 saturated heterocycles. The molecule has 4 rings (SSSR count). The molecule has 2 heterocycles. The van der Waals surface area contributed by atoms with E-state index in [-0.39, 0.29) is 5.91 Å². The lowest BCUT2D eigenvalue weighted by Crippen LogP contribution is -2.26. The molecule has 7 nitrogen and oxygen atoms in total. The molecule has 142 valence electrons. The van der Waals surface area contributed by atoms with E-state index < -0.39 is 0 Å². The summed E-state index contributed by atoms with van der Waals surface area (Å²) in [6.07, 6.45) is 2.19. The molecule has 0 unspecified atom stereocenters. The third kappa shape index (κ3) is 3.34. The number of amides is 1. The first-order valence-corrected chi connectivity index (χ1v) is 9.03. The van der Waals surface area contributed by atoms with Gasteiger partial charge in [-0.05, 0) is 36.4 Å². The Morgan fingerprint density at radius 3 is 2.71 bits per heavy atom. The van der Waals surface area contributed by atoms with E-state index in [1.54, 1.807) is 13.3 Å². The van der Waals surface area contributed by atoms with E-state index in [2.05, 4.69) is 25.1 Å². The van der Waals surface area contributed by atoms with Gasteiger partial charge in [-0.15, -0.1) is 0 Å². The second-order valence-corrected chi connectivity index (χ2v) is 6.47. The van der Waals surface area contributed by atoms with E-state index in [1.807, 2.05) is 55.6 Å². The smallest absolute Gasteiger partial charge is 0.255 e. The van der Waals surface area contributed by atoms with Crippen molar-refractivity contribution in [1.29, 1.82) is 0 Å². The zero-order chi connectivity index (χ0) is 19.5. The quantitative estimate of drug-likeness (QED) is 0.543. The fraction of sp³-hybridized carbons (Fsp3) is 0.190. The Bertz CT molecular complexity index is 1110. The highest BCUT2D eigenvalue weighted by Crippen LogP contribution is 2.23. The Kier molecular flexibility index (Phi) is 4.80. The highest BCUT2D eigenvalue weighted by Gasteiger charge is 2.15. The number of carbonyl (C=O) groups excluding carboxylic acids is 1.